The molecule has 1 unspecified atom stereocenters. The van der Waals surface area contributed by atoms with Crippen LogP contribution in [0.4, 0.5) is 24.5 Å². The molecule has 2 aromatic rings. The molecule has 0 saturated heterocycles. The Morgan fingerprint density at radius 1 is 1.26 bits per heavy atom. The van der Waals surface area contributed by atoms with Gasteiger partial charge in [-0.05, 0) is 63.4 Å². The molecule has 0 radical (unpaired) electrons. The summed E-state index contributed by atoms with van der Waals surface area (Å²) < 4.78 is 52.3. The predicted octanol–water partition coefficient (Wildman–Crippen LogP) is 6.35. The summed E-state index contributed by atoms with van der Waals surface area (Å²) >= 11 is 6.20. The molecule has 170 valence electrons. The van der Waals surface area contributed by atoms with Crippen LogP contribution in [0.1, 0.15) is 19.0 Å². The van der Waals surface area contributed by atoms with Gasteiger partial charge in [-0.2, -0.15) is 0 Å². The van der Waals surface area contributed by atoms with Crippen molar-refractivity contribution in [2.45, 2.75) is 32.7 Å². The van der Waals surface area contributed by atoms with Crippen molar-refractivity contribution < 1.29 is 32.3 Å². The summed E-state index contributed by atoms with van der Waals surface area (Å²) in [5, 5.41) is 14.9. The fourth-order valence-corrected chi connectivity index (χ4v) is 3.91. The molecule has 31 heavy (non-hydrogen) atoms. The van der Waals surface area contributed by atoms with Gasteiger partial charge in [0.05, 0.1) is 20.5 Å². The molecular weight excluding hydrogens is 555 g/mol. The molecule has 13 heteroatoms. The summed E-state index contributed by atoms with van der Waals surface area (Å²) in [6.45, 7) is 3.85. The number of nitrogens with zero attached hydrogens (tertiary/aromatic N) is 2. The number of nitro groups is 1. The van der Waals surface area contributed by atoms with Crippen molar-refractivity contribution in [1.29, 1.82) is 0 Å². The van der Waals surface area contributed by atoms with Gasteiger partial charge in [-0.25, -0.2) is 4.98 Å². The highest BCUT2D eigenvalue weighted by Crippen LogP contribution is 2.44. The van der Waals surface area contributed by atoms with E-state index in [1.54, 1.807) is 6.92 Å². The van der Waals surface area contributed by atoms with E-state index in [9.17, 15) is 23.3 Å². The average molecular weight is 573 g/mol. The summed E-state index contributed by atoms with van der Waals surface area (Å²) in [7, 11) is 1.52. The molecule has 2 rings (SSSR count). The van der Waals surface area contributed by atoms with E-state index < -0.39 is 22.7 Å². The number of halogens is 5. The van der Waals surface area contributed by atoms with Gasteiger partial charge in [0.2, 0.25) is 0 Å². The number of pyridine rings is 1. The van der Waals surface area contributed by atoms with Crippen LogP contribution in [0.2, 0.25) is 0 Å². The van der Waals surface area contributed by atoms with Gasteiger partial charge in [0.1, 0.15) is 11.4 Å². The minimum Gasteiger partial charge on any atom is -0.431 e. The number of nitrogens with one attached hydrogen (secondary N) is 1. The Hall–Kier alpha value is -2.12. The van der Waals surface area contributed by atoms with Crippen LogP contribution in [0.25, 0.3) is 0 Å². The van der Waals surface area contributed by atoms with Crippen LogP contribution in [0.15, 0.2) is 27.1 Å². The van der Waals surface area contributed by atoms with Crippen molar-refractivity contribution in [2.75, 3.05) is 19.0 Å². The summed E-state index contributed by atoms with van der Waals surface area (Å²) in [5.41, 5.74) is 0.190. The summed E-state index contributed by atoms with van der Waals surface area (Å²) in [5.74, 6) is -0.839. The molecule has 1 aromatic carbocycles. The molecule has 8 nitrogen and oxygen atoms in total. The van der Waals surface area contributed by atoms with Crippen molar-refractivity contribution in [3.63, 3.8) is 0 Å². The van der Waals surface area contributed by atoms with Crippen LogP contribution in [-0.4, -0.2) is 36.0 Å². The van der Waals surface area contributed by atoms with Gasteiger partial charge in [0, 0.05) is 18.8 Å². The third kappa shape index (κ3) is 6.94. The maximum Gasteiger partial charge on any atom is 0.573 e. The van der Waals surface area contributed by atoms with E-state index in [0.717, 1.165) is 12.1 Å². The van der Waals surface area contributed by atoms with Gasteiger partial charge >= 0.3 is 17.9 Å². The first-order valence-electron chi connectivity index (χ1n) is 8.79. The maximum atomic E-state index is 12.5. The molecule has 1 heterocycles. The third-order valence-corrected chi connectivity index (χ3v) is 5.07. The fourth-order valence-electron chi connectivity index (χ4n) is 2.60. The largest absolute Gasteiger partial charge is 0.573 e. The van der Waals surface area contributed by atoms with Crippen LogP contribution in [-0.2, 0) is 4.74 Å². The van der Waals surface area contributed by atoms with Crippen LogP contribution in [0.3, 0.4) is 0 Å². The number of aryl methyl sites for hydroxylation is 1. The highest BCUT2D eigenvalue weighted by atomic mass is 79.9. The fraction of sp³-hybridized carbons (Fsp3) is 0.389. The van der Waals surface area contributed by atoms with Crippen molar-refractivity contribution >= 4 is 43.2 Å². The lowest BCUT2D eigenvalue weighted by atomic mass is 10.2. The number of methoxy groups -OCH3 is 1. The van der Waals surface area contributed by atoms with Gasteiger partial charge in [-0.15, -0.1) is 13.2 Å². The van der Waals surface area contributed by atoms with Crippen LogP contribution in [0, 0.1) is 17.0 Å². The van der Waals surface area contributed by atoms with Crippen LogP contribution >= 0.6 is 31.9 Å². The maximum absolute atomic E-state index is 12.5. The zero-order valence-corrected chi connectivity index (χ0v) is 19.7. The lowest BCUT2D eigenvalue weighted by Gasteiger charge is -2.19. The highest BCUT2D eigenvalue weighted by molar-refractivity contribution is 9.11. The molecule has 0 amide bonds. The van der Waals surface area contributed by atoms with Gasteiger partial charge in [-0.3, -0.25) is 10.1 Å². The second-order valence-electron chi connectivity index (χ2n) is 6.29. The molecule has 1 atom stereocenters. The Kier molecular flexibility index (Phi) is 8.49. The molecule has 0 aliphatic carbocycles. The SMILES string of the molecule is CCC(COC)Nc1cc(C)nc(Oc2c(Br)cc(OC(F)(F)F)cc2Br)c1[N+](=O)[O-]. The Morgan fingerprint density at radius 3 is 2.35 bits per heavy atom. The Balaban J connectivity index is 2.48. The van der Waals surface area contributed by atoms with E-state index in [1.165, 1.54) is 13.2 Å². The van der Waals surface area contributed by atoms with E-state index in [2.05, 4.69) is 46.9 Å². The van der Waals surface area contributed by atoms with Gasteiger partial charge in [0.25, 0.3) is 0 Å². The summed E-state index contributed by atoms with van der Waals surface area (Å²) in [6, 6.07) is 3.36. The van der Waals surface area contributed by atoms with Gasteiger partial charge in [0.15, 0.2) is 5.75 Å². The van der Waals surface area contributed by atoms with Crippen molar-refractivity contribution in [1.82, 2.24) is 4.98 Å². The molecule has 0 spiro atoms. The van der Waals surface area contributed by atoms with E-state index in [4.69, 9.17) is 9.47 Å². The number of hydrogen-bond donors (Lipinski definition) is 1. The molecule has 0 saturated carbocycles. The van der Waals surface area contributed by atoms with E-state index in [-0.39, 0.29) is 32.3 Å². The van der Waals surface area contributed by atoms with E-state index >= 15 is 0 Å². The first-order chi connectivity index (χ1) is 14.4. The Bertz CT molecular complexity index is 937. The van der Waals surface area contributed by atoms with Crippen molar-refractivity contribution in [2.24, 2.45) is 0 Å². The second-order valence-corrected chi connectivity index (χ2v) is 8.00. The number of ether oxygens (including phenoxy) is 3. The number of aromatic nitrogens is 1. The zero-order chi connectivity index (χ0) is 23.3. The predicted molar refractivity (Wildman–Crippen MR) is 114 cm³/mol. The third-order valence-electron chi connectivity index (χ3n) is 3.90. The smallest absolute Gasteiger partial charge is 0.431 e. The quantitative estimate of drug-likeness (QED) is 0.276. The Morgan fingerprint density at radius 2 is 1.87 bits per heavy atom. The van der Waals surface area contributed by atoms with Gasteiger partial charge in [-0.1, -0.05) is 6.92 Å². The average Bonchev–Trinajstić information content (AvgIpc) is 2.62. The minimum atomic E-state index is -4.88. The minimum absolute atomic E-state index is 0.00870. The van der Waals surface area contributed by atoms with E-state index in [0.29, 0.717) is 18.7 Å². The van der Waals surface area contributed by atoms with Gasteiger partial charge < -0.3 is 19.5 Å². The number of anilines is 1. The summed E-state index contributed by atoms with van der Waals surface area (Å²) in [4.78, 5) is 15.3. The molecule has 0 bridgehead atoms. The second kappa shape index (κ2) is 10.5. The lowest BCUT2D eigenvalue weighted by molar-refractivity contribution is -0.385. The molecule has 0 aliphatic heterocycles. The first-order valence-corrected chi connectivity index (χ1v) is 10.4. The molecule has 1 aromatic heterocycles. The van der Waals surface area contributed by atoms with Crippen LogP contribution in [0.5, 0.6) is 17.4 Å². The lowest BCUT2D eigenvalue weighted by Crippen LogP contribution is -2.24. The monoisotopic (exact) mass is 571 g/mol. The number of hydrogen-bond acceptors (Lipinski definition) is 7. The standard InChI is InChI=1S/C18H18Br2F3N3O5/c1-4-10(8-29-3)25-14-5-9(2)24-17(15(14)26(27)28)30-16-12(19)6-11(7-13(16)20)31-18(21,22)23/h5-7,10H,4,8H2,1-3H3,(H,24,25). The number of rotatable bonds is 9. The first kappa shape index (κ1) is 25.1. The normalized spacial score (nSPS) is 12.4. The molecule has 1 N–H and O–H groups in total. The van der Waals surface area contributed by atoms with Crippen LogP contribution < -0.4 is 14.8 Å². The zero-order valence-electron chi connectivity index (χ0n) is 16.5. The number of alkyl halides is 3. The molecular formula is C18H18Br2F3N3O5. The number of benzene rings is 1. The van der Waals surface area contributed by atoms with E-state index in [1.807, 2.05) is 6.92 Å². The molecule has 0 fully saturated rings. The summed E-state index contributed by atoms with van der Waals surface area (Å²) in [6.07, 6.45) is -4.24. The Labute approximate surface area is 192 Å². The topological polar surface area (TPSA) is 95.8 Å². The highest BCUT2D eigenvalue weighted by Gasteiger charge is 2.32. The molecule has 0 aliphatic rings. The van der Waals surface area contributed by atoms with Crippen molar-refractivity contribution in [3.8, 4) is 17.4 Å². The van der Waals surface area contributed by atoms with Crippen molar-refractivity contribution in [3.05, 3.63) is 43.0 Å².